The Hall–Kier alpha value is 0.0769. The highest BCUT2D eigenvalue weighted by atomic mass is 32.2. The Morgan fingerprint density at radius 1 is 1.21 bits per heavy atom. The molecule has 1 saturated heterocycles. The van der Waals surface area contributed by atoms with Crippen LogP contribution in [0.15, 0.2) is 0 Å². The Balaban J connectivity index is 2.19. The van der Waals surface area contributed by atoms with Gasteiger partial charge in [0.2, 0.25) is 0 Å². The van der Waals surface area contributed by atoms with Gasteiger partial charge >= 0.3 is 8.80 Å². The van der Waals surface area contributed by atoms with Crippen LogP contribution in [0, 0.1) is 0 Å². The molecule has 0 aromatic heterocycles. The van der Waals surface area contributed by atoms with Crippen molar-refractivity contribution in [3.05, 3.63) is 0 Å². The predicted molar refractivity (Wildman–Crippen MR) is 102 cm³/mol. The first-order valence-corrected chi connectivity index (χ1v) is 12.5. The van der Waals surface area contributed by atoms with E-state index in [9.17, 15) is 4.79 Å². The molecule has 142 valence electrons. The molecule has 0 spiro atoms. The maximum Gasteiger partial charge on any atom is 0.518 e. The summed E-state index contributed by atoms with van der Waals surface area (Å²) in [6.45, 7) is 7.58. The molecular weight excluding hydrogens is 342 g/mol. The van der Waals surface area contributed by atoms with Crippen LogP contribution < -0.4 is 5.48 Å². The second-order valence-corrected chi connectivity index (χ2v) is 9.95. The standard InChI is InChI=1S/C17H35NO4SSi/c1-4-7-8-9-10-12-17(19)23-13-11-14-24(20-6-3)21-16(5-2)15-18-22-24/h16,18H,4-15H2,1-3H3. The lowest BCUT2D eigenvalue weighted by Gasteiger charge is -2.37. The summed E-state index contributed by atoms with van der Waals surface area (Å²) in [5, 5.41) is 0.314. The van der Waals surface area contributed by atoms with Gasteiger partial charge in [-0.3, -0.25) is 9.32 Å². The van der Waals surface area contributed by atoms with Crippen LogP contribution in [0.4, 0.5) is 0 Å². The van der Waals surface area contributed by atoms with Crippen molar-refractivity contribution < 1.29 is 18.2 Å². The molecular formula is C17H35NO4SSi. The Morgan fingerprint density at radius 2 is 2.00 bits per heavy atom. The fraction of sp³-hybridized carbons (Fsp3) is 0.941. The van der Waals surface area contributed by atoms with Gasteiger partial charge in [0.25, 0.3) is 0 Å². The quantitative estimate of drug-likeness (QED) is 0.381. The van der Waals surface area contributed by atoms with Crippen molar-refractivity contribution in [3.8, 4) is 0 Å². The van der Waals surface area contributed by atoms with Gasteiger partial charge in [0.15, 0.2) is 5.12 Å². The van der Waals surface area contributed by atoms with Crippen LogP contribution in [0.1, 0.15) is 72.1 Å². The zero-order valence-corrected chi connectivity index (χ0v) is 17.4. The Kier molecular flexibility index (Phi) is 12.3. The van der Waals surface area contributed by atoms with E-state index in [1.807, 2.05) is 6.92 Å². The molecule has 0 radical (unpaired) electrons. The molecule has 0 amide bonds. The van der Waals surface area contributed by atoms with Crippen LogP contribution in [0.5, 0.6) is 0 Å². The summed E-state index contributed by atoms with van der Waals surface area (Å²) < 4.78 is 17.7. The van der Waals surface area contributed by atoms with Gasteiger partial charge < -0.3 is 8.85 Å². The highest BCUT2D eigenvalue weighted by molar-refractivity contribution is 8.13. The summed E-state index contributed by atoms with van der Waals surface area (Å²) in [5.74, 6) is 0.819. The number of rotatable bonds is 13. The largest absolute Gasteiger partial charge is 0.518 e. The van der Waals surface area contributed by atoms with Crippen LogP contribution in [0.25, 0.3) is 0 Å². The number of carbonyl (C=O) groups is 1. The fourth-order valence-electron chi connectivity index (χ4n) is 2.68. The maximum atomic E-state index is 11.9. The number of hydrogen-bond acceptors (Lipinski definition) is 6. The van der Waals surface area contributed by atoms with Gasteiger partial charge in [0, 0.05) is 31.4 Å². The van der Waals surface area contributed by atoms with E-state index in [-0.39, 0.29) is 6.10 Å². The zero-order valence-electron chi connectivity index (χ0n) is 15.6. The Morgan fingerprint density at radius 3 is 2.71 bits per heavy atom. The summed E-state index contributed by atoms with van der Waals surface area (Å²) in [7, 11) is -2.61. The Labute approximate surface area is 152 Å². The van der Waals surface area contributed by atoms with Crippen molar-refractivity contribution in [1.29, 1.82) is 0 Å². The van der Waals surface area contributed by atoms with Crippen LogP contribution in [-0.4, -0.2) is 38.9 Å². The van der Waals surface area contributed by atoms with Gasteiger partial charge in [-0.05, 0) is 26.2 Å². The van der Waals surface area contributed by atoms with Gasteiger partial charge in [-0.15, -0.1) is 0 Å². The van der Waals surface area contributed by atoms with Gasteiger partial charge in [-0.25, -0.2) is 5.48 Å². The van der Waals surface area contributed by atoms with Gasteiger partial charge in [0.05, 0.1) is 6.10 Å². The van der Waals surface area contributed by atoms with E-state index in [2.05, 4.69) is 19.3 Å². The van der Waals surface area contributed by atoms with E-state index in [1.54, 1.807) is 0 Å². The first kappa shape index (κ1) is 22.1. The molecule has 1 heterocycles. The minimum atomic E-state index is -2.61. The lowest BCUT2D eigenvalue weighted by Crippen LogP contribution is -2.58. The molecule has 0 saturated carbocycles. The smallest absolute Gasteiger partial charge is 0.373 e. The molecule has 1 aliphatic rings. The van der Waals surface area contributed by atoms with Crippen LogP contribution in [0.3, 0.4) is 0 Å². The number of hydroxylamine groups is 1. The molecule has 0 bridgehead atoms. The van der Waals surface area contributed by atoms with E-state index < -0.39 is 8.80 Å². The molecule has 1 aliphatic heterocycles. The molecule has 1 fully saturated rings. The van der Waals surface area contributed by atoms with Crippen molar-refractivity contribution >= 4 is 25.7 Å². The van der Waals surface area contributed by atoms with Crippen LogP contribution in [0.2, 0.25) is 6.04 Å². The molecule has 24 heavy (non-hydrogen) atoms. The molecule has 2 unspecified atom stereocenters. The number of carbonyl (C=O) groups excluding carboxylic acids is 1. The van der Waals surface area contributed by atoms with E-state index in [0.29, 0.717) is 24.7 Å². The molecule has 0 aromatic rings. The molecule has 5 nitrogen and oxygen atoms in total. The lowest BCUT2D eigenvalue weighted by atomic mass is 10.1. The second-order valence-electron chi connectivity index (χ2n) is 6.20. The SMILES string of the molecule is CCCCCCCC(=O)SCCC[Si]1(OCC)ONCC(CC)O1. The molecule has 7 heteroatoms. The normalized spacial score (nSPS) is 24.2. The first-order valence-electron chi connectivity index (χ1n) is 9.54. The van der Waals surface area contributed by atoms with Crippen molar-refractivity contribution in [3.63, 3.8) is 0 Å². The van der Waals surface area contributed by atoms with Crippen LogP contribution in [-0.2, 0) is 18.2 Å². The van der Waals surface area contributed by atoms with Gasteiger partial charge in [0.1, 0.15) is 0 Å². The summed E-state index contributed by atoms with van der Waals surface area (Å²) in [4.78, 5) is 11.9. The summed E-state index contributed by atoms with van der Waals surface area (Å²) in [5.41, 5.74) is 2.99. The summed E-state index contributed by atoms with van der Waals surface area (Å²) in [6.07, 6.45) is 8.66. The zero-order chi connectivity index (χ0) is 17.7. The van der Waals surface area contributed by atoms with Crippen molar-refractivity contribution in [2.24, 2.45) is 0 Å². The Bertz CT molecular complexity index is 345. The third kappa shape index (κ3) is 8.96. The lowest BCUT2D eigenvalue weighted by molar-refractivity contribution is -0.111. The average molecular weight is 378 g/mol. The number of unbranched alkanes of at least 4 members (excludes halogenated alkanes) is 4. The highest BCUT2D eigenvalue weighted by Crippen LogP contribution is 2.24. The fourth-order valence-corrected chi connectivity index (χ4v) is 6.39. The monoisotopic (exact) mass is 377 g/mol. The predicted octanol–water partition coefficient (Wildman–Crippen LogP) is 4.30. The second kappa shape index (κ2) is 13.3. The molecule has 0 aromatic carbocycles. The summed E-state index contributed by atoms with van der Waals surface area (Å²) >= 11 is 1.45. The van der Waals surface area contributed by atoms with Crippen LogP contribution >= 0.6 is 11.8 Å². The minimum Gasteiger partial charge on any atom is -0.373 e. The van der Waals surface area contributed by atoms with E-state index in [4.69, 9.17) is 13.4 Å². The van der Waals surface area contributed by atoms with Crippen molar-refractivity contribution in [2.45, 2.75) is 84.3 Å². The van der Waals surface area contributed by atoms with E-state index in [0.717, 1.165) is 31.1 Å². The van der Waals surface area contributed by atoms with Crippen molar-refractivity contribution in [1.82, 2.24) is 5.48 Å². The molecule has 2 atom stereocenters. The highest BCUT2D eigenvalue weighted by Gasteiger charge is 2.45. The number of thioether (sulfide) groups is 1. The third-order valence-electron chi connectivity index (χ3n) is 4.08. The van der Waals surface area contributed by atoms with Crippen molar-refractivity contribution in [2.75, 3.05) is 18.9 Å². The number of hydrogen-bond donors (Lipinski definition) is 1. The third-order valence-corrected chi connectivity index (χ3v) is 7.94. The van der Waals surface area contributed by atoms with E-state index in [1.165, 1.54) is 37.4 Å². The van der Waals surface area contributed by atoms with E-state index >= 15 is 0 Å². The number of nitrogens with one attached hydrogen (secondary N) is 1. The molecule has 1 rings (SSSR count). The first-order chi connectivity index (χ1) is 11.7. The average Bonchev–Trinajstić information content (AvgIpc) is 2.59. The minimum absolute atomic E-state index is 0.161. The van der Waals surface area contributed by atoms with Gasteiger partial charge in [-0.2, -0.15) is 0 Å². The summed E-state index contributed by atoms with van der Waals surface area (Å²) in [6, 6.07) is 0.765. The topological polar surface area (TPSA) is 56.8 Å². The maximum absolute atomic E-state index is 11.9. The van der Waals surface area contributed by atoms with Gasteiger partial charge in [-0.1, -0.05) is 51.3 Å². The molecule has 0 aliphatic carbocycles. The molecule has 1 N–H and O–H groups in total.